The number of methoxy groups -OCH3 is 1. The Labute approximate surface area is 221 Å². The van der Waals surface area contributed by atoms with Crippen LogP contribution in [0.25, 0.3) is 0 Å². The molecule has 3 saturated heterocycles. The Morgan fingerprint density at radius 1 is 0.921 bits per heavy atom. The third-order valence-corrected chi connectivity index (χ3v) is 8.11. The summed E-state index contributed by atoms with van der Waals surface area (Å²) in [6.07, 6.45) is 1.23. The normalized spacial score (nSPS) is 22.3. The summed E-state index contributed by atoms with van der Waals surface area (Å²) in [6.45, 7) is 2.99. The molecule has 3 fully saturated rings. The fraction of sp³-hybridized carbons (Fsp3) is 0.355. The summed E-state index contributed by atoms with van der Waals surface area (Å²) in [6, 6.07) is 18.9. The fourth-order valence-corrected chi connectivity index (χ4v) is 6.12. The van der Waals surface area contributed by atoms with Crippen LogP contribution < -0.4 is 4.74 Å². The maximum atomic E-state index is 14.0. The molecule has 3 aromatic carbocycles. The average Bonchev–Trinajstić information content (AvgIpc) is 2.92. The number of rotatable bonds is 9. The van der Waals surface area contributed by atoms with E-state index in [0.29, 0.717) is 39.4 Å². The Morgan fingerprint density at radius 3 is 2.08 bits per heavy atom. The van der Waals surface area contributed by atoms with E-state index in [0.717, 1.165) is 32.5 Å². The van der Waals surface area contributed by atoms with Crippen LogP contribution in [0.1, 0.15) is 46.9 Å². The molecule has 0 saturated carbocycles. The summed E-state index contributed by atoms with van der Waals surface area (Å²) in [5, 5.41) is 0. The lowest BCUT2D eigenvalue weighted by molar-refractivity contribution is -0.939. The van der Waals surface area contributed by atoms with Crippen molar-refractivity contribution in [1.29, 1.82) is 0 Å². The number of piperidine rings is 3. The van der Waals surface area contributed by atoms with E-state index in [4.69, 9.17) is 9.47 Å². The van der Waals surface area contributed by atoms with Crippen molar-refractivity contribution in [1.82, 2.24) is 0 Å². The number of halogens is 2. The zero-order valence-electron chi connectivity index (χ0n) is 21.4. The second kappa shape index (κ2) is 11.0. The number of carbonyl (C=O) groups excluding carboxylic acids is 2. The molecule has 0 aromatic heterocycles. The summed E-state index contributed by atoms with van der Waals surface area (Å²) in [5.74, 6) is -0.0142. The zero-order valence-corrected chi connectivity index (χ0v) is 21.4. The van der Waals surface area contributed by atoms with Gasteiger partial charge in [-0.2, -0.15) is 0 Å². The number of nitrogens with zero attached hydrogens (tertiary/aromatic N) is 1. The molecule has 3 aliphatic heterocycles. The van der Waals surface area contributed by atoms with Gasteiger partial charge in [-0.25, -0.2) is 8.78 Å². The topological polar surface area (TPSA) is 52.6 Å². The lowest BCUT2D eigenvalue weighted by atomic mass is 9.75. The van der Waals surface area contributed by atoms with Gasteiger partial charge in [0.15, 0.2) is 6.10 Å². The van der Waals surface area contributed by atoms with Crippen LogP contribution in [-0.4, -0.2) is 49.5 Å². The van der Waals surface area contributed by atoms with Crippen molar-refractivity contribution in [2.45, 2.75) is 25.4 Å². The third kappa shape index (κ3) is 5.78. The highest BCUT2D eigenvalue weighted by Crippen LogP contribution is 2.40. The first-order chi connectivity index (χ1) is 18.3. The van der Waals surface area contributed by atoms with Crippen LogP contribution in [0.15, 0.2) is 72.8 Å². The molecule has 0 N–H and O–H groups in total. The zero-order chi connectivity index (χ0) is 26.7. The predicted octanol–water partition coefficient (Wildman–Crippen LogP) is 5.74. The molecular weight excluding hydrogens is 488 g/mol. The van der Waals surface area contributed by atoms with Crippen LogP contribution in [-0.2, 0) is 9.53 Å². The smallest absolute Gasteiger partial charge is 0.307 e. The van der Waals surface area contributed by atoms with Crippen LogP contribution in [0.3, 0.4) is 0 Å². The van der Waals surface area contributed by atoms with Crippen LogP contribution in [0.4, 0.5) is 8.78 Å². The summed E-state index contributed by atoms with van der Waals surface area (Å²) in [7, 11) is 1.59. The number of carbonyl (C=O) groups is 2. The van der Waals surface area contributed by atoms with Crippen molar-refractivity contribution in [3.8, 4) is 5.75 Å². The van der Waals surface area contributed by atoms with E-state index < -0.39 is 23.7 Å². The molecule has 6 rings (SSSR count). The molecule has 5 nitrogen and oxygen atoms in total. The van der Waals surface area contributed by atoms with Gasteiger partial charge < -0.3 is 14.0 Å². The number of benzene rings is 3. The van der Waals surface area contributed by atoms with Crippen molar-refractivity contribution in [2.24, 2.45) is 11.8 Å². The molecule has 2 bridgehead atoms. The van der Waals surface area contributed by atoms with E-state index in [2.05, 4.69) is 0 Å². The molecule has 3 aliphatic rings. The van der Waals surface area contributed by atoms with Crippen molar-refractivity contribution in [2.75, 3.05) is 33.3 Å². The Morgan fingerprint density at radius 2 is 1.53 bits per heavy atom. The van der Waals surface area contributed by atoms with Gasteiger partial charge in [0.2, 0.25) is 5.78 Å². The second-order valence-corrected chi connectivity index (χ2v) is 10.6. The first-order valence-corrected chi connectivity index (χ1v) is 13.1. The molecule has 0 radical (unpaired) electrons. The van der Waals surface area contributed by atoms with Gasteiger partial charge in [0.1, 0.15) is 23.9 Å². The maximum absolute atomic E-state index is 14.0. The van der Waals surface area contributed by atoms with Gasteiger partial charge in [-0.05, 0) is 65.6 Å². The number of hydrogen-bond acceptors (Lipinski definition) is 4. The summed E-state index contributed by atoms with van der Waals surface area (Å²) < 4.78 is 39.7. The molecule has 0 unspecified atom stereocenters. The van der Waals surface area contributed by atoms with E-state index in [9.17, 15) is 18.4 Å². The van der Waals surface area contributed by atoms with Crippen molar-refractivity contribution in [3.05, 3.63) is 101 Å². The highest BCUT2D eigenvalue weighted by atomic mass is 19.1. The van der Waals surface area contributed by atoms with Gasteiger partial charge in [0.05, 0.1) is 33.2 Å². The molecule has 1 atom stereocenters. The maximum Gasteiger partial charge on any atom is 0.307 e. The largest absolute Gasteiger partial charge is 0.497 e. The Balaban J connectivity index is 1.28. The first-order valence-electron chi connectivity index (χ1n) is 13.1. The standard InChI is InChI=1S/C31H32F2NO4/c1-37-28-10-8-22(9-11-28)29(35)20-34-14-12-21(13-15-34)25(19-34)18-30(36)38-31(23-4-2-6-26(32)16-23)24-5-3-7-27(33)17-24/h2-11,16-17,21,25,31H,12-15,18-20H2,1H3/q+1/t21?,25-,34?/m0/s1. The quantitative estimate of drug-likeness (QED) is 0.205. The average molecular weight is 521 g/mol. The number of ether oxygens (including phenoxy) is 2. The van der Waals surface area contributed by atoms with E-state index >= 15 is 0 Å². The van der Waals surface area contributed by atoms with Gasteiger partial charge in [-0.15, -0.1) is 0 Å². The number of quaternary nitrogens is 1. The third-order valence-electron chi connectivity index (χ3n) is 8.11. The Hall–Kier alpha value is -3.58. The highest BCUT2D eigenvalue weighted by molar-refractivity contribution is 5.97. The van der Waals surface area contributed by atoms with E-state index in [-0.39, 0.29) is 18.1 Å². The minimum atomic E-state index is -0.908. The first kappa shape index (κ1) is 26.0. The van der Waals surface area contributed by atoms with Crippen molar-refractivity contribution >= 4 is 11.8 Å². The number of Topliss-reactive ketones (excluding diaryl/α,β-unsaturated/α-hetero) is 1. The summed E-state index contributed by atoms with van der Waals surface area (Å²) in [5.41, 5.74) is 1.56. The van der Waals surface area contributed by atoms with Gasteiger partial charge >= 0.3 is 5.97 Å². The Bertz CT molecular complexity index is 1260. The van der Waals surface area contributed by atoms with E-state index in [1.165, 1.54) is 24.3 Å². The lowest BCUT2D eigenvalue weighted by Gasteiger charge is -2.52. The number of esters is 1. The van der Waals surface area contributed by atoms with E-state index in [1.807, 2.05) is 0 Å². The van der Waals surface area contributed by atoms with Crippen molar-refractivity contribution < 1.29 is 32.3 Å². The lowest BCUT2D eigenvalue weighted by Crippen LogP contribution is -2.63. The molecule has 7 heteroatoms. The number of ketones is 1. The molecule has 38 heavy (non-hydrogen) atoms. The molecule has 0 amide bonds. The van der Waals surface area contributed by atoms with Gasteiger partial charge in [0, 0.05) is 24.3 Å². The van der Waals surface area contributed by atoms with Crippen LogP contribution in [0.2, 0.25) is 0 Å². The monoisotopic (exact) mass is 520 g/mol. The molecule has 0 aliphatic carbocycles. The highest BCUT2D eigenvalue weighted by Gasteiger charge is 2.47. The Kier molecular flexibility index (Phi) is 7.56. The van der Waals surface area contributed by atoms with Crippen LogP contribution in [0, 0.1) is 23.5 Å². The molecular formula is C31H32F2NO4+. The van der Waals surface area contributed by atoms with Crippen molar-refractivity contribution in [3.63, 3.8) is 0 Å². The minimum Gasteiger partial charge on any atom is -0.497 e. The molecule has 198 valence electrons. The fourth-order valence-electron chi connectivity index (χ4n) is 6.12. The van der Waals surface area contributed by atoms with Gasteiger partial charge in [0.25, 0.3) is 0 Å². The minimum absolute atomic E-state index is 0.0894. The van der Waals surface area contributed by atoms with Crippen LogP contribution in [0.5, 0.6) is 5.75 Å². The summed E-state index contributed by atoms with van der Waals surface area (Å²) >= 11 is 0. The number of fused-ring (bicyclic) bond motifs is 3. The van der Waals surface area contributed by atoms with E-state index in [1.54, 1.807) is 55.6 Å². The number of hydrogen-bond donors (Lipinski definition) is 0. The van der Waals surface area contributed by atoms with Gasteiger partial charge in [-0.3, -0.25) is 9.59 Å². The summed E-state index contributed by atoms with van der Waals surface area (Å²) in [4.78, 5) is 26.4. The molecule has 0 spiro atoms. The van der Waals surface area contributed by atoms with Crippen LogP contribution >= 0.6 is 0 Å². The second-order valence-electron chi connectivity index (χ2n) is 10.6. The molecule has 3 heterocycles. The SMILES string of the molecule is COc1ccc(C(=O)C[N+]23CCC(CC2)[C@@H](CC(=O)OC(c2cccc(F)c2)c2cccc(F)c2)C3)cc1. The van der Waals surface area contributed by atoms with Gasteiger partial charge in [-0.1, -0.05) is 24.3 Å². The predicted molar refractivity (Wildman–Crippen MR) is 139 cm³/mol. The molecule has 3 aromatic rings.